The van der Waals surface area contributed by atoms with E-state index in [-0.39, 0.29) is 12.8 Å². The van der Waals surface area contributed by atoms with Gasteiger partial charge in [0, 0.05) is 16.2 Å². The number of carbonyl (C=O) groups excluding carboxylic acids is 1. The van der Waals surface area contributed by atoms with Gasteiger partial charge in [-0.25, -0.2) is 4.79 Å². The molecule has 0 atom stereocenters. The van der Waals surface area contributed by atoms with Gasteiger partial charge in [0.05, 0.1) is 12.7 Å². The van der Waals surface area contributed by atoms with Gasteiger partial charge in [-0.15, -0.1) is 11.8 Å². The van der Waals surface area contributed by atoms with Gasteiger partial charge in [0.25, 0.3) is 0 Å². The number of esters is 1. The molecule has 22 heavy (non-hydrogen) atoms. The van der Waals surface area contributed by atoms with Crippen LogP contribution in [0.5, 0.6) is 11.5 Å². The number of methoxy groups -OCH3 is 1. The molecule has 1 heterocycles. The minimum atomic E-state index is -0.348. The van der Waals surface area contributed by atoms with Crippen molar-refractivity contribution in [3.05, 3.63) is 53.1 Å². The van der Waals surface area contributed by atoms with Gasteiger partial charge in [0.1, 0.15) is 0 Å². The highest BCUT2D eigenvalue weighted by Gasteiger charge is 2.26. The molecular weight excluding hydrogens is 300 g/mol. The Morgan fingerprint density at radius 3 is 2.77 bits per heavy atom. The second-order valence-corrected chi connectivity index (χ2v) is 5.92. The Bertz CT molecular complexity index is 698. The van der Waals surface area contributed by atoms with Crippen LogP contribution in [0.2, 0.25) is 0 Å². The van der Waals surface area contributed by atoms with Crippen molar-refractivity contribution in [2.75, 3.05) is 13.9 Å². The third kappa shape index (κ3) is 2.76. The summed E-state index contributed by atoms with van der Waals surface area (Å²) in [5.41, 5.74) is 2.23. The summed E-state index contributed by atoms with van der Waals surface area (Å²) >= 11 is 1.65. The lowest BCUT2D eigenvalue weighted by Crippen LogP contribution is -2.08. The van der Waals surface area contributed by atoms with Gasteiger partial charge in [-0.2, -0.15) is 0 Å². The number of thioether (sulfide) groups is 1. The Kier molecular flexibility index (Phi) is 4.24. The van der Waals surface area contributed by atoms with Gasteiger partial charge in [-0.05, 0) is 30.7 Å². The van der Waals surface area contributed by atoms with Crippen molar-refractivity contribution in [2.45, 2.75) is 17.6 Å². The van der Waals surface area contributed by atoms with Gasteiger partial charge in [-0.1, -0.05) is 18.2 Å². The quantitative estimate of drug-likeness (QED) is 0.634. The zero-order valence-corrected chi connectivity index (χ0v) is 13.2. The summed E-state index contributed by atoms with van der Waals surface area (Å²) in [6.45, 7) is 2.06. The van der Waals surface area contributed by atoms with E-state index in [1.165, 1.54) is 7.11 Å². The van der Waals surface area contributed by atoms with E-state index >= 15 is 0 Å². The van der Waals surface area contributed by atoms with Crippen LogP contribution in [0.3, 0.4) is 0 Å². The second-order valence-electron chi connectivity index (χ2n) is 4.87. The second kappa shape index (κ2) is 6.32. The first-order valence-electron chi connectivity index (χ1n) is 6.89. The molecule has 0 fully saturated rings. The molecule has 3 rings (SSSR count). The standard InChI is InChI=1S/C17H16O4S/c1-11-8-14-16(21-10-20-14)13(15(11)17(18)19-2)9-22-12-6-4-3-5-7-12/h3-8H,9-10H2,1-2H3. The number of benzene rings is 2. The zero-order valence-electron chi connectivity index (χ0n) is 12.4. The van der Waals surface area contributed by atoms with Crippen molar-refractivity contribution in [3.8, 4) is 11.5 Å². The fraction of sp³-hybridized carbons (Fsp3) is 0.235. The Balaban J connectivity index is 1.99. The van der Waals surface area contributed by atoms with Crippen molar-refractivity contribution >= 4 is 17.7 Å². The summed E-state index contributed by atoms with van der Waals surface area (Å²) < 4.78 is 15.9. The molecule has 0 unspecified atom stereocenters. The molecule has 2 aromatic rings. The van der Waals surface area contributed by atoms with Crippen LogP contribution in [0.4, 0.5) is 0 Å². The first-order chi connectivity index (χ1) is 10.7. The maximum atomic E-state index is 12.1. The van der Waals surface area contributed by atoms with E-state index in [9.17, 15) is 4.79 Å². The molecule has 2 aromatic carbocycles. The Morgan fingerprint density at radius 2 is 2.05 bits per heavy atom. The molecule has 0 spiro atoms. The van der Waals surface area contributed by atoms with Crippen molar-refractivity contribution in [2.24, 2.45) is 0 Å². The number of hydrogen-bond donors (Lipinski definition) is 0. The molecule has 0 bridgehead atoms. The topological polar surface area (TPSA) is 44.8 Å². The van der Waals surface area contributed by atoms with E-state index in [0.29, 0.717) is 22.8 Å². The van der Waals surface area contributed by atoms with E-state index in [1.807, 2.05) is 43.3 Å². The minimum absolute atomic E-state index is 0.183. The molecule has 0 saturated heterocycles. The molecular formula is C17H16O4S. The van der Waals surface area contributed by atoms with Crippen LogP contribution < -0.4 is 9.47 Å². The number of carbonyl (C=O) groups is 1. The van der Waals surface area contributed by atoms with Crippen LogP contribution in [-0.2, 0) is 10.5 Å². The highest BCUT2D eigenvalue weighted by atomic mass is 32.2. The summed E-state index contributed by atoms with van der Waals surface area (Å²) in [4.78, 5) is 13.3. The molecule has 0 amide bonds. The van der Waals surface area contributed by atoms with E-state index in [0.717, 1.165) is 16.0 Å². The molecule has 1 aliphatic heterocycles. The summed E-state index contributed by atoms with van der Waals surface area (Å²) in [7, 11) is 1.39. The van der Waals surface area contributed by atoms with Gasteiger partial charge in [0.15, 0.2) is 11.5 Å². The predicted molar refractivity (Wildman–Crippen MR) is 84.6 cm³/mol. The molecule has 1 aliphatic rings. The predicted octanol–water partition coefficient (Wildman–Crippen LogP) is 3.80. The maximum absolute atomic E-state index is 12.1. The molecule has 5 heteroatoms. The summed E-state index contributed by atoms with van der Waals surface area (Å²) in [6, 6.07) is 11.9. The molecule has 114 valence electrons. The molecule has 0 aromatic heterocycles. The molecule has 0 saturated carbocycles. The van der Waals surface area contributed by atoms with Crippen molar-refractivity contribution < 1.29 is 19.0 Å². The minimum Gasteiger partial charge on any atom is -0.465 e. The monoisotopic (exact) mass is 316 g/mol. The van der Waals surface area contributed by atoms with Crippen molar-refractivity contribution in [1.82, 2.24) is 0 Å². The lowest BCUT2D eigenvalue weighted by atomic mass is 10.0. The van der Waals surface area contributed by atoms with Crippen molar-refractivity contribution in [3.63, 3.8) is 0 Å². The van der Waals surface area contributed by atoms with Crippen molar-refractivity contribution in [1.29, 1.82) is 0 Å². The molecule has 0 N–H and O–H groups in total. The number of hydrogen-bond acceptors (Lipinski definition) is 5. The third-order valence-corrected chi connectivity index (χ3v) is 4.51. The average molecular weight is 316 g/mol. The van der Waals surface area contributed by atoms with Crippen LogP contribution in [0.25, 0.3) is 0 Å². The third-order valence-electron chi connectivity index (χ3n) is 3.48. The molecule has 0 radical (unpaired) electrons. The van der Waals surface area contributed by atoms with Crippen LogP contribution in [-0.4, -0.2) is 19.9 Å². The molecule has 4 nitrogen and oxygen atoms in total. The van der Waals surface area contributed by atoms with Gasteiger partial charge in [-0.3, -0.25) is 0 Å². The van der Waals surface area contributed by atoms with Crippen LogP contribution >= 0.6 is 11.8 Å². The SMILES string of the molecule is COC(=O)c1c(C)cc2c(c1CSc1ccccc1)OCO2. The zero-order chi connectivity index (χ0) is 15.5. The first kappa shape index (κ1) is 14.8. The van der Waals surface area contributed by atoms with Crippen LogP contribution in [0.1, 0.15) is 21.5 Å². The van der Waals surface area contributed by atoms with Gasteiger partial charge < -0.3 is 14.2 Å². The smallest absolute Gasteiger partial charge is 0.338 e. The van der Waals surface area contributed by atoms with E-state index in [2.05, 4.69) is 0 Å². The largest absolute Gasteiger partial charge is 0.465 e. The van der Waals surface area contributed by atoms with Gasteiger partial charge >= 0.3 is 5.97 Å². The number of fused-ring (bicyclic) bond motifs is 1. The van der Waals surface area contributed by atoms with Crippen LogP contribution in [0, 0.1) is 6.92 Å². The normalized spacial score (nSPS) is 12.3. The first-order valence-corrected chi connectivity index (χ1v) is 7.87. The van der Waals surface area contributed by atoms with E-state index in [1.54, 1.807) is 11.8 Å². The Hall–Kier alpha value is -2.14. The number of aryl methyl sites for hydroxylation is 1. The highest BCUT2D eigenvalue weighted by molar-refractivity contribution is 7.98. The number of ether oxygens (including phenoxy) is 3. The summed E-state index contributed by atoms with van der Waals surface area (Å²) in [5.74, 6) is 1.60. The van der Waals surface area contributed by atoms with Crippen LogP contribution in [0.15, 0.2) is 41.3 Å². The number of rotatable bonds is 4. The fourth-order valence-electron chi connectivity index (χ4n) is 2.45. The Labute approximate surface area is 133 Å². The highest BCUT2D eigenvalue weighted by Crippen LogP contribution is 2.42. The fourth-order valence-corrected chi connectivity index (χ4v) is 3.38. The summed E-state index contributed by atoms with van der Waals surface area (Å²) in [6.07, 6.45) is 0. The molecule has 0 aliphatic carbocycles. The average Bonchev–Trinajstić information content (AvgIpc) is 3.00. The van der Waals surface area contributed by atoms with Gasteiger partial charge in [0.2, 0.25) is 6.79 Å². The Morgan fingerprint density at radius 1 is 1.27 bits per heavy atom. The van der Waals surface area contributed by atoms with E-state index < -0.39 is 0 Å². The lowest BCUT2D eigenvalue weighted by Gasteiger charge is -2.13. The summed E-state index contributed by atoms with van der Waals surface area (Å²) in [5, 5.41) is 0. The lowest BCUT2D eigenvalue weighted by molar-refractivity contribution is 0.0598. The maximum Gasteiger partial charge on any atom is 0.338 e. The van der Waals surface area contributed by atoms with E-state index in [4.69, 9.17) is 14.2 Å².